The predicted octanol–water partition coefficient (Wildman–Crippen LogP) is 15.6. The molecule has 4 heterocycles. The van der Waals surface area contributed by atoms with Crippen molar-refractivity contribution in [2.75, 3.05) is 0 Å². The number of ether oxygens (including phenoxy) is 4. The number of carbonyl (C=O) groups excluding carboxylic acids is 4. The molecule has 18 heteroatoms. The number of hydrogen-bond acceptors (Lipinski definition) is 12. The van der Waals surface area contributed by atoms with Gasteiger partial charge in [0, 0.05) is 63.1 Å². The Morgan fingerprint density at radius 1 is 0.378 bits per heavy atom. The third kappa shape index (κ3) is 16.8. The van der Waals surface area contributed by atoms with Crippen LogP contribution in [0.3, 0.4) is 0 Å². The Labute approximate surface area is 533 Å². The third-order valence-corrected chi connectivity index (χ3v) is 13.8. The average Bonchev–Trinajstić information content (AvgIpc) is 3.51. The molecule has 0 spiro atoms. The number of nitrogens with zero attached hydrogens (tertiary/aromatic N) is 4. The fourth-order valence-electron chi connectivity index (χ4n) is 7.53. The number of pyridine rings is 4. The van der Waals surface area contributed by atoms with E-state index in [0.29, 0.717) is 63.0 Å². The molecule has 409 valence electrons. The monoisotopic (exact) mass is 1690 g/mol. The van der Waals surface area contributed by atoms with E-state index in [1.54, 1.807) is 67.3 Å². The maximum atomic E-state index is 13.4. The van der Waals surface area contributed by atoms with Crippen molar-refractivity contribution < 1.29 is 78.3 Å². The van der Waals surface area contributed by atoms with Crippen molar-refractivity contribution in [2.24, 2.45) is 0 Å². The Morgan fingerprint density at radius 2 is 0.610 bits per heavy atom. The zero-order valence-corrected chi connectivity index (χ0v) is 53.8. The molecule has 1 radical (unpaired) electrons. The quantitative estimate of drug-likeness (QED) is 0.0494. The SMILES string of the molecule is C#C.Cc1cc(C)cc(OC(=O)c2c[c-]c(-c3ccccn3)cc2Br)c1.O=C(Oc1cc(OC(=O)c2c[c-]c(-c3ccccn3)cc2Br)cc(OC(=O)c2c[c-]c(-c3ccccn3)cc2Br)c1)c1c[c-]c(-c2ccccn2)cc1Br.[Ir+3].[Ir]. The number of aryl methyl sites for hydroxylation is 2. The molecular formula is C64H38Br4Ir2N4O8-. The second-order valence-electron chi connectivity index (χ2n) is 16.8. The summed E-state index contributed by atoms with van der Waals surface area (Å²) in [7, 11) is 0. The first kappa shape index (κ1) is 63.8. The molecule has 4 aromatic heterocycles. The van der Waals surface area contributed by atoms with Crippen molar-refractivity contribution in [3.63, 3.8) is 0 Å². The fraction of sp³-hybridized carbons (Fsp3) is 0.0312. The number of hydrogen-bond donors (Lipinski definition) is 0. The summed E-state index contributed by atoms with van der Waals surface area (Å²) in [5.74, 6) is -2.35. The van der Waals surface area contributed by atoms with Crippen molar-refractivity contribution in [2.45, 2.75) is 13.8 Å². The van der Waals surface area contributed by atoms with Crippen LogP contribution in [0.4, 0.5) is 0 Å². The Hall–Kier alpha value is -7.42. The number of terminal acetylenes is 1. The van der Waals surface area contributed by atoms with Crippen LogP contribution in [0.5, 0.6) is 23.0 Å². The molecular weight excluding hydrogens is 1660 g/mol. The molecule has 0 fully saturated rings. The van der Waals surface area contributed by atoms with Gasteiger partial charge in [0.15, 0.2) is 0 Å². The molecule has 10 aromatic rings. The largest absolute Gasteiger partial charge is 3.00 e. The van der Waals surface area contributed by atoms with Gasteiger partial charge in [0.25, 0.3) is 0 Å². The van der Waals surface area contributed by atoms with Crippen LogP contribution in [0.1, 0.15) is 52.6 Å². The van der Waals surface area contributed by atoms with Gasteiger partial charge in [0.2, 0.25) is 0 Å². The van der Waals surface area contributed by atoms with Gasteiger partial charge in [0.05, 0.1) is 0 Å². The number of rotatable bonds is 12. The predicted molar refractivity (Wildman–Crippen MR) is 317 cm³/mol. The van der Waals surface area contributed by atoms with Gasteiger partial charge in [-0.15, -0.1) is 108 Å². The van der Waals surface area contributed by atoms with E-state index < -0.39 is 23.9 Å². The molecule has 10 rings (SSSR count). The van der Waals surface area contributed by atoms with E-state index in [1.807, 2.05) is 92.7 Å². The van der Waals surface area contributed by atoms with Crippen LogP contribution in [0.15, 0.2) is 200 Å². The molecule has 0 N–H and O–H groups in total. The van der Waals surface area contributed by atoms with Gasteiger partial charge in [-0.05, 0) is 106 Å². The van der Waals surface area contributed by atoms with E-state index in [1.165, 1.54) is 36.4 Å². The van der Waals surface area contributed by atoms with Crippen LogP contribution in [0, 0.1) is 51.0 Å². The zero-order chi connectivity index (χ0) is 56.7. The maximum Gasteiger partial charge on any atom is 3.00 e. The van der Waals surface area contributed by atoms with Crippen LogP contribution in [0.25, 0.3) is 45.0 Å². The fourth-order valence-corrected chi connectivity index (χ4v) is 9.55. The molecule has 0 atom stereocenters. The summed E-state index contributed by atoms with van der Waals surface area (Å²) in [6.45, 7) is 3.94. The Bertz CT molecular complexity index is 3610. The van der Waals surface area contributed by atoms with E-state index in [4.69, 9.17) is 18.9 Å². The van der Waals surface area contributed by atoms with Gasteiger partial charge in [-0.2, -0.15) is 0 Å². The Kier molecular flexibility index (Phi) is 23.8. The first-order valence-electron chi connectivity index (χ1n) is 23.7. The molecule has 0 aliphatic heterocycles. The number of halogens is 4. The van der Waals surface area contributed by atoms with Crippen LogP contribution in [-0.4, -0.2) is 43.8 Å². The topological polar surface area (TPSA) is 157 Å². The van der Waals surface area contributed by atoms with Crippen LogP contribution in [0.2, 0.25) is 0 Å². The molecule has 0 saturated heterocycles. The number of benzene rings is 6. The number of carbonyl (C=O) groups is 4. The molecule has 0 bridgehead atoms. The first-order valence-corrected chi connectivity index (χ1v) is 26.9. The first-order chi connectivity index (χ1) is 38.7. The van der Waals surface area contributed by atoms with E-state index >= 15 is 0 Å². The maximum absolute atomic E-state index is 13.4. The van der Waals surface area contributed by atoms with Gasteiger partial charge in [-0.1, -0.05) is 136 Å². The van der Waals surface area contributed by atoms with E-state index in [-0.39, 0.29) is 74.1 Å². The summed E-state index contributed by atoms with van der Waals surface area (Å²) >= 11 is 13.8. The summed E-state index contributed by atoms with van der Waals surface area (Å²) in [5, 5.41) is 0. The minimum Gasteiger partial charge on any atom is -0.430 e. The molecule has 0 aliphatic rings. The van der Waals surface area contributed by atoms with Crippen LogP contribution >= 0.6 is 63.7 Å². The van der Waals surface area contributed by atoms with E-state index in [9.17, 15) is 19.2 Å². The molecule has 0 saturated carbocycles. The van der Waals surface area contributed by atoms with Gasteiger partial charge in [-0.25, -0.2) is 0 Å². The smallest absolute Gasteiger partial charge is 0.430 e. The summed E-state index contributed by atoms with van der Waals surface area (Å²) in [5.41, 5.74) is 8.62. The summed E-state index contributed by atoms with van der Waals surface area (Å²) in [4.78, 5) is 70.0. The van der Waals surface area contributed by atoms with Crippen molar-refractivity contribution in [3.05, 3.63) is 258 Å². The van der Waals surface area contributed by atoms with Gasteiger partial charge >= 0.3 is 44.0 Å². The zero-order valence-electron chi connectivity index (χ0n) is 42.7. The van der Waals surface area contributed by atoms with Gasteiger partial charge in [0.1, 0.15) is 23.0 Å². The van der Waals surface area contributed by atoms with E-state index in [2.05, 4.69) is 121 Å². The number of esters is 4. The molecule has 0 amide bonds. The molecule has 82 heavy (non-hydrogen) atoms. The molecule has 0 aliphatic carbocycles. The van der Waals surface area contributed by atoms with Crippen LogP contribution < -0.4 is 18.9 Å². The number of aromatic nitrogens is 4. The summed E-state index contributed by atoms with van der Waals surface area (Å²) < 4.78 is 24.6. The Balaban J connectivity index is 0.000000324. The second kappa shape index (κ2) is 30.6. The standard InChI is InChI=1S/C42H21Br3N3O6.C20H15BrNO2.C2H2.2Ir/c43-34-19-25(37-7-1-4-16-46-37)10-13-31(34)40(49)52-28-22-29(53-41(50)32-14-11-26(20-35(32)44)38-8-2-5-17-47-38)24-30(23-28)54-42(51)33-15-12-27(21-36(33)45)39-9-3-6-18-48-39;1-13-9-14(2)11-16(10-13)24-20(23)17-7-6-15(12-18(17)21)19-5-3-4-8-22-19;1-2;;/h1-9,13-24H;3-5,7-12H,1-2H3;1-2H;;/q-3;-1;;;+3. The van der Waals surface area contributed by atoms with Crippen molar-refractivity contribution >= 4 is 87.6 Å². The Morgan fingerprint density at radius 3 is 0.817 bits per heavy atom. The van der Waals surface area contributed by atoms with Crippen molar-refractivity contribution in [3.8, 4) is 80.9 Å². The van der Waals surface area contributed by atoms with Crippen LogP contribution in [-0.2, 0) is 40.2 Å². The van der Waals surface area contributed by atoms with Crippen molar-refractivity contribution in [1.82, 2.24) is 19.9 Å². The average molecular weight is 1700 g/mol. The third-order valence-electron chi connectivity index (χ3n) is 11.1. The molecule has 6 aromatic carbocycles. The van der Waals surface area contributed by atoms with Gasteiger partial charge < -0.3 is 38.9 Å². The van der Waals surface area contributed by atoms with E-state index in [0.717, 1.165) is 22.4 Å². The van der Waals surface area contributed by atoms with Crippen molar-refractivity contribution in [1.29, 1.82) is 0 Å². The summed E-state index contributed by atoms with van der Waals surface area (Å²) in [6, 6.07) is 57.0. The molecule has 12 nitrogen and oxygen atoms in total. The summed E-state index contributed by atoms with van der Waals surface area (Å²) in [6.07, 6.45) is 14.7. The minimum atomic E-state index is -0.753. The van der Waals surface area contributed by atoms with Gasteiger partial charge in [-0.3, -0.25) is 19.2 Å². The molecule has 0 unspecified atom stereocenters. The normalized spacial score (nSPS) is 10.1. The second-order valence-corrected chi connectivity index (χ2v) is 20.2. The minimum absolute atomic E-state index is 0.